The van der Waals surface area contributed by atoms with Crippen molar-refractivity contribution in [2.45, 2.75) is 46.1 Å². The highest BCUT2D eigenvalue weighted by Crippen LogP contribution is 2.27. The van der Waals surface area contributed by atoms with Crippen molar-refractivity contribution >= 4 is 0 Å². The molecule has 0 aliphatic heterocycles. The molecule has 0 heterocycles. The van der Waals surface area contributed by atoms with Crippen LogP contribution in [-0.4, -0.2) is 6.61 Å². The van der Waals surface area contributed by atoms with Gasteiger partial charge in [0.25, 0.3) is 0 Å². The summed E-state index contributed by atoms with van der Waals surface area (Å²) in [6.45, 7) is 9.31. The normalized spacial score (nSPS) is 11.9. The summed E-state index contributed by atoms with van der Waals surface area (Å²) in [5, 5.41) is 0. The Balaban J connectivity index is 2.73. The number of rotatable bonds is 6. The van der Waals surface area contributed by atoms with Gasteiger partial charge < -0.3 is 10.5 Å². The Hall–Kier alpha value is -1.02. The number of hydrogen-bond acceptors (Lipinski definition) is 2. The zero-order valence-corrected chi connectivity index (χ0v) is 11.5. The van der Waals surface area contributed by atoms with Crippen molar-refractivity contribution in [3.63, 3.8) is 0 Å². The van der Waals surface area contributed by atoms with Gasteiger partial charge in [-0.3, -0.25) is 0 Å². The number of benzene rings is 1. The summed E-state index contributed by atoms with van der Waals surface area (Å²) in [5.74, 6) is 1.48. The number of hydrogen-bond donors (Lipinski definition) is 1. The summed E-state index contributed by atoms with van der Waals surface area (Å²) in [6.07, 6.45) is 1.91. The van der Waals surface area contributed by atoms with Crippen molar-refractivity contribution in [1.29, 1.82) is 0 Å². The molecular formula is C15H25NO. The second-order valence-corrected chi connectivity index (χ2v) is 5.09. The Morgan fingerprint density at radius 2 is 1.65 bits per heavy atom. The predicted molar refractivity (Wildman–Crippen MR) is 73.2 cm³/mol. The zero-order chi connectivity index (χ0) is 12.9. The summed E-state index contributed by atoms with van der Waals surface area (Å²) in [4.78, 5) is 0. The average molecular weight is 235 g/mol. The molecule has 1 rings (SSSR count). The van der Waals surface area contributed by atoms with Crippen LogP contribution in [-0.2, 0) is 5.54 Å². The Bertz CT molecular complexity index is 325. The molecule has 1 aromatic carbocycles. The SMILES string of the molecule is CCC(N)(CC)c1ccc(OCC(C)C)cc1. The van der Waals surface area contributed by atoms with E-state index in [1.165, 1.54) is 5.56 Å². The van der Waals surface area contributed by atoms with E-state index >= 15 is 0 Å². The lowest BCUT2D eigenvalue weighted by Gasteiger charge is -2.27. The highest BCUT2D eigenvalue weighted by Gasteiger charge is 2.22. The van der Waals surface area contributed by atoms with Gasteiger partial charge in [0.2, 0.25) is 0 Å². The molecule has 1 aromatic rings. The fourth-order valence-electron chi connectivity index (χ4n) is 1.80. The minimum atomic E-state index is -0.198. The molecule has 0 radical (unpaired) electrons. The lowest BCUT2D eigenvalue weighted by molar-refractivity contribution is 0.271. The molecule has 0 aliphatic rings. The molecular weight excluding hydrogens is 210 g/mol. The van der Waals surface area contributed by atoms with Gasteiger partial charge in [0, 0.05) is 5.54 Å². The number of nitrogens with two attached hydrogens (primary N) is 1. The largest absolute Gasteiger partial charge is 0.493 e. The van der Waals surface area contributed by atoms with Crippen LogP contribution in [0.2, 0.25) is 0 Å². The van der Waals surface area contributed by atoms with Crippen molar-refractivity contribution in [2.24, 2.45) is 11.7 Å². The Kier molecular flexibility index (Phi) is 5.01. The van der Waals surface area contributed by atoms with Crippen LogP contribution in [0.4, 0.5) is 0 Å². The highest BCUT2D eigenvalue weighted by atomic mass is 16.5. The van der Waals surface area contributed by atoms with Crippen molar-refractivity contribution in [3.05, 3.63) is 29.8 Å². The molecule has 0 fully saturated rings. The van der Waals surface area contributed by atoms with Crippen LogP contribution in [0.1, 0.15) is 46.1 Å². The topological polar surface area (TPSA) is 35.2 Å². The first-order valence-corrected chi connectivity index (χ1v) is 6.54. The van der Waals surface area contributed by atoms with Gasteiger partial charge in [-0.25, -0.2) is 0 Å². The van der Waals surface area contributed by atoms with Crippen LogP contribution in [0.25, 0.3) is 0 Å². The van der Waals surface area contributed by atoms with Crippen LogP contribution in [0.15, 0.2) is 24.3 Å². The van der Waals surface area contributed by atoms with Crippen molar-refractivity contribution in [1.82, 2.24) is 0 Å². The van der Waals surface area contributed by atoms with E-state index in [-0.39, 0.29) is 5.54 Å². The number of ether oxygens (including phenoxy) is 1. The molecule has 96 valence electrons. The van der Waals surface area contributed by atoms with Crippen molar-refractivity contribution in [2.75, 3.05) is 6.61 Å². The smallest absolute Gasteiger partial charge is 0.119 e. The molecule has 0 saturated carbocycles. The van der Waals surface area contributed by atoms with Gasteiger partial charge in [-0.1, -0.05) is 39.8 Å². The second kappa shape index (κ2) is 6.06. The maximum Gasteiger partial charge on any atom is 0.119 e. The standard InChI is InChI=1S/C15H25NO/c1-5-15(16,6-2)13-7-9-14(10-8-13)17-11-12(3)4/h7-10,12H,5-6,11,16H2,1-4H3. The minimum absolute atomic E-state index is 0.198. The fraction of sp³-hybridized carbons (Fsp3) is 0.600. The Labute approximate surface area is 105 Å². The van der Waals surface area contributed by atoms with Gasteiger partial charge in [0.15, 0.2) is 0 Å². The quantitative estimate of drug-likeness (QED) is 0.816. The van der Waals surface area contributed by atoms with E-state index in [1.54, 1.807) is 0 Å². The third-order valence-electron chi connectivity index (χ3n) is 3.27. The molecule has 17 heavy (non-hydrogen) atoms. The maximum atomic E-state index is 6.35. The van der Waals surface area contributed by atoms with Crippen molar-refractivity contribution in [3.8, 4) is 5.75 Å². The van der Waals surface area contributed by atoms with E-state index in [2.05, 4.69) is 39.8 Å². The van der Waals surface area contributed by atoms with Crippen LogP contribution in [0.3, 0.4) is 0 Å². The third kappa shape index (κ3) is 3.74. The molecule has 0 aliphatic carbocycles. The van der Waals surface area contributed by atoms with Crippen molar-refractivity contribution < 1.29 is 4.74 Å². The van der Waals surface area contributed by atoms with Gasteiger partial charge in [-0.15, -0.1) is 0 Å². The van der Waals surface area contributed by atoms with E-state index in [0.717, 1.165) is 25.2 Å². The minimum Gasteiger partial charge on any atom is -0.493 e. The van der Waals surface area contributed by atoms with Crippen LogP contribution in [0.5, 0.6) is 5.75 Å². The van der Waals surface area contributed by atoms with Gasteiger partial charge in [-0.05, 0) is 36.5 Å². The molecule has 0 atom stereocenters. The fourth-order valence-corrected chi connectivity index (χ4v) is 1.80. The van der Waals surface area contributed by atoms with E-state index < -0.39 is 0 Å². The molecule has 0 aromatic heterocycles. The van der Waals surface area contributed by atoms with Crippen LogP contribution < -0.4 is 10.5 Å². The predicted octanol–water partition coefficient (Wildman–Crippen LogP) is 3.70. The first-order chi connectivity index (χ1) is 8.01. The maximum absolute atomic E-state index is 6.35. The lowest BCUT2D eigenvalue weighted by atomic mass is 9.86. The van der Waals surface area contributed by atoms with Gasteiger partial charge in [-0.2, -0.15) is 0 Å². The summed E-state index contributed by atoms with van der Waals surface area (Å²) in [6, 6.07) is 8.21. The zero-order valence-electron chi connectivity index (χ0n) is 11.5. The first-order valence-electron chi connectivity index (χ1n) is 6.54. The first kappa shape index (κ1) is 14.0. The molecule has 0 spiro atoms. The molecule has 0 amide bonds. The summed E-state index contributed by atoms with van der Waals surface area (Å²) in [7, 11) is 0. The van der Waals surface area contributed by atoms with E-state index in [0.29, 0.717) is 5.92 Å². The molecule has 2 heteroatoms. The van der Waals surface area contributed by atoms with E-state index in [9.17, 15) is 0 Å². The average Bonchev–Trinajstić information content (AvgIpc) is 2.36. The summed E-state index contributed by atoms with van der Waals surface area (Å²) >= 11 is 0. The molecule has 0 unspecified atom stereocenters. The molecule has 2 nitrogen and oxygen atoms in total. The summed E-state index contributed by atoms with van der Waals surface area (Å²) in [5.41, 5.74) is 7.35. The summed E-state index contributed by atoms with van der Waals surface area (Å²) < 4.78 is 5.66. The van der Waals surface area contributed by atoms with Crippen LogP contribution in [0, 0.1) is 5.92 Å². The second-order valence-electron chi connectivity index (χ2n) is 5.09. The molecule has 0 saturated heterocycles. The highest BCUT2D eigenvalue weighted by molar-refractivity contribution is 5.31. The third-order valence-corrected chi connectivity index (χ3v) is 3.27. The molecule has 2 N–H and O–H groups in total. The van der Waals surface area contributed by atoms with Gasteiger partial charge >= 0.3 is 0 Å². The van der Waals surface area contributed by atoms with E-state index in [4.69, 9.17) is 10.5 Å². The Morgan fingerprint density at radius 3 is 2.06 bits per heavy atom. The molecule has 0 bridgehead atoms. The van der Waals surface area contributed by atoms with Crippen LogP contribution >= 0.6 is 0 Å². The van der Waals surface area contributed by atoms with Gasteiger partial charge in [0.1, 0.15) is 5.75 Å². The monoisotopic (exact) mass is 235 g/mol. The Morgan fingerprint density at radius 1 is 1.12 bits per heavy atom. The lowest BCUT2D eigenvalue weighted by Crippen LogP contribution is -2.34. The van der Waals surface area contributed by atoms with Gasteiger partial charge in [0.05, 0.1) is 6.61 Å². The van der Waals surface area contributed by atoms with E-state index in [1.807, 2.05) is 12.1 Å².